The predicted octanol–water partition coefficient (Wildman–Crippen LogP) is 3.97. The number of nitrogens with one attached hydrogen (secondary N) is 3. The van der Waals surface area contributed by atoms with E-state index in [1.54, 1.807) is 7.05 Å². The van der Waals surface area contributed by atoms with E-state index in [-0.39, 0.29) is 35.6 Å². The molecule has 30 heavy (non-hydrogen) atoms. The van der Waals surface area contributed by atoms with Crippen LogP contribution in [0, 0.1) is 5.92 Å². The fourth-order valence-corrected chi connectivity index (χ4v) is 3.66. The molecule has 0 spiro atoms. The molecule has 1 saturated heterocycles. The van der Waals surface area contributed by atoms with Crippen LogP contribution in [-0.4, -0.2) is 67.4 Å². The highest BCUT2D eigenvalue weighted by atomic mass is 127. The molecule has 0 aliphatic carbocycles. The van der Waals surface area contributed by atoms with Gasteiger partial charge in [0, 0.05) is 39.3 Å². The number of rotatable bonds is 8. The second kappa shape index (κ2) is 13.6. The SMILES string of the molecule is CCC(CC)(CNC(=NC)NC1CCN(CC(C)C)CC1)NC(=O)OC(C)(C)C.I. The number of hydrogen-bond acceptors (Lipinski definition) is 4. The van der Waals surface area contributed by atoms with Crippen molar-refractivity contribution in [3.05, 3.63) is 0 Å². The highest BCUT2D eigenvalue weighted by Crippen LogP contribution is 2.17. The molecule has 1 aliphatic rings. The van der Waals surface area contributed by atoms with Crippen LogP contribution in [0.15, 0.2) is 4.99 Å². The normalized spacial score (nSPS) is 16.8. The third kappa shape index (κ3) is 11.0. The van der Waals surface area contributed by atoms with Crippen LogP contribution in [0.2, 0.25) is 0 Å². The molecule has 0 aromatic heterocycles. The van der Waals surface area contributed by atoms with Gasteiger partial charge in [0.05, 0.1) is 5.54 Å². The molecule has 0 unspecified atom stereocenters. The van der Waals surface area contributed by atoms with Crippen LogP contribution in [0.5, 0.6) is 0 Å². The minimum absolute atomic E-state index is 0. The number of likely N-dealkylation sites (tertiary alicyclic amines) is 1. The Kier molecular flexibility index (Phi) is 13.3. The molecule has 0 aromatic carbocycles. The Morgan fingerprint density at radius 2 is 1.73 bits per heavy atom. The van der Waals surface area contributed by atoms with Crippen LogP contribution in [0.25, 0.3) is 0 Å². The Hall–Kier alpha value is -0.770. The third-order valence-electron chi connectivity index (χ3n) is 5.49. The molecule has 3 N–H and O–H groups in total. The Balaban J connectivity index is 0.00000841. The summed E-state index contributed by atoms with van der Waals surface area (Å²) in [6, 6.07) is 0.432. The predicted molar refractivity (Wildman–Crippen MR) is 137 cm³/mol. The summed E-state index contributed by atoms with van der Waals surface area (Å²) in [7, 11) is 1.80. The van der Waals surface area contributed by atoms with E-state index in [9.17, 15) is 4.79 Å². The molecule has 0 saturated carbocycles. The molecule has 178 valence electrons. The lowest BCUT2D eigenvalue weighted by molar-refractivity contribution is 0.0448. The largest absolute Gasteiger partial charge is 0.444 e. The van der Waals surface area contributed by atoms with Crippen molar-refractivity contribution < 1.29 is 9.53 Å². The molecule has 0 aromatic rings. The number of halogens is 1. The van der Waals surface area contributed by atoms with Gasteiger partial charge in [-0.3, -0.25) is 4.99 Å². The van der Waals surface area contributed by atoms with Crippen LogP contribution in [-0.2, 0) is 4.74 Å². The van der Waals surface area contributed by atoms with E-state index in [0.717, 1.165) is 44.7 Å². The van der Waals surface area contributed by atoms with E-state index in [1.165, 1.54) is 6.54 Å². The summed E-state index contributed by atoms with van der Waals surface area (Å²) in [5, 5.41) is 10.1. The smallest absolute Gasteiger partial charge is 0.408 e. The maximum Gasteiger partial charge on any atom is 0.408 e. The van der Waals surface area contributed by atoms with E-state index < -0.39 is 5.60 Å². The zero-order valence-electron chi connectivity index (χ0n) is 20.4. The summed E-state index contributed by atoms with van der Waals surface area (Å²) in [6.07, 6.45) is 3.48. The number of nitrogens with zero attached hydrogens (tertiary/aromatic N) is 2. The summed E-state index contributed by atoms with van der Waals surface area (Å²) in [5.74, 6) is 1.51. The number of guanidine groups is 1. The highest BCUT2D eigenvalue weighted by Gasteiger charge is 2.31. The lowest BCUT2D eigenvalue weighted by Crippen LogP contribution is -2.58. The van der Waals surface area contributed by atoms with Gasteiger partial charge in [-0.15, -0.1) is 24.0 Å². The lowest BCUT2D eigenvalue weighted by atomic mass is 9.93. The van der Waals surface area contributed by atoms with E-state index >= 15 is 0 Å². The molecule has 7 nitrogen and oxygen atoms in total. The van der Waals surface area contributed by atoms with Crippen molar-refractivity contribution in [3.8, 4) is 0 Å². The first-order chi connectivity index (χ1) is 13.5. The van der Waals surface area contributed by atoms with E-state index in [4.69, 9.17) is 4.74 Å². The van der Waals surface area contributed by atoms with Gasteiger partial charge in [0.25, 0.3) is 0 Å². The fraction of sp³-hybridized carbons (Fsp3) is 0.909. The molecule has 0 atom stereocenters. The Labute approximate surface area is 201 Å². The van der Waals surface area contributed by atoms with Gasteiger partial charge in [-0.1, -0.05) is 27.7 Å². The summed E-state index contributed by atoms with van der Waals surface area (Å²) in [4.78, 5) is 19.3. The molecule has 1 aliphatic heterocycles. The van der Waals surface area contributed by atoms with Crippen molar-refractivity contribution in [3.63, 3.8) is 0 Å². The Bertz CT molecular complexity index is 522. The topological polar surface area (TPSA) is 78.0 Å². The molecular weight excluding hydrogens is 493 g/mol. The molecule has 0 radical (unpaired) electrons. The average molecular weight is 540 g/mol. The second-order valence-electron chi connectivity index (χ2n) is 9.65. The number of carbonyl (C=O) groups is 1. The van der Waals surface area contributed by atoms with Crippen molar-refractivity contribution in [2.75, 3.05) is 33.2 Å². The zero-order chi connectivity index (χ0) is 22.1. The molecule has 1 amide bonds. The minimum Gasteiger partial charge on any atom is -0.444 e. The van der Waals surface area contributed by atoms with E-state index in [0.29, 0.717) is 18.5 Å². The van der Waals surface area contributed by atoms with Gasteiger partial charge < -0.3 is 25.6 Å². The first-order valence-electron chi connectivity index (χ1n) is 11.2. The van der Waals surface area contributed by atoms with Crippen molar-refractivity contribution in [2.24, 2.45) is 10.9 Å². The van der Waals surface area contributed by atoms with Crippen molar-refractivity contribution >= 4 is 36.0 Å². The fourth-order valence-electron chi connectivity index (χ4n) is 3.66. The number of hydrogen-bond donors (Lipinski definition) is 3. The van der Waals surface area contributed by atoms with Crippen LogP contribution in [0.4, 0.5) is 4.79 Å². The molecule has 1 rings (SSSR count). The van der Waals surface area contributed by atoms with Gasteiger partial charge in [-0.2, -0.15) is 0 Å². The van der Waals surface area contributed by atoms with Crippen LogP contribution in [0.1, 0.15) is 74.1 Å². The van der Waals surface area contributed by atoms with Gasteiger partial charge in [-0.25, -0.2) is 4.79 Å². The summed E-state index contributed by atoms with van der Waals surface area (Å²) < 4.78 is 5.46. The number of aliphatic imine (C=N–C) groups is 1. The number of piperidine rings is 1. The van der Waals surface area contributed by atoms with E-state index in [2.05, 4.69) is 53.5 Å². The molecule has 1 heterocycles. The zero-order valence-corrected chi connectivity index (χ0v) is 22.8. The maximum absolute atomic E-state index is 12.3. The number of alkyl carbamates (subject to hydrolysis) is 1. The van der Waals surface area contributed by atoms with Crippen LogP contribution in [0.3, 0.4) is 0 Å². The highest BCUT2D eigenvalue weighted by molar-refractivity contribution is 14.0. The molecule has 8 heteroatoms. The van der Waals surface area contributed by atoms with Gasteiger partial charge in [0.1, 0.15) is 5.60 Å². The Morgan fingerprint density at radius 1 is 1.17 bits per heavy atom. The van der Waals surface area contributed by atoms with Gasteiger partial charge in [0.15, 0.2) is 5.96 Å². The minimum atomic E-state index is -0.507. The van der Waals surface area contributed by atoms with Crippen LogP contribution >= 0.6 is 24.0 Å². The summed E-state index contributed by atoms with van der Waals surface area (Å²) in [6.45, 7) is 18.4. The van der Waals surface area contributed by atoms with E-state index in [1.807, 2.05) is 20.8 Å². The second-order valence-corrected chi connectivity index (χ2v) is 9.65. The third-order valence-corrected chi connectivity index (χ3v) is 5.49. The standard InChI is InChI=1S/C22H45N5O2.HI/c1-9-22(10-2,26-20(28)29-21(5,6)7)16-24-19(23-8)25-18-11-13-27(14-12-18)15-17(3)4;/h17-18H,9-16H2,1-8H3,(H,26,28)(H2,23,24,25);1H. The monoisotopic (exact) mass is 539 g/mol. The first kappa shape index (κ1) is 29.2. The molecule has 1 fully saturated rings. The van der Waals surface area contributed by atoms with Gasteiger partial charge in [0.2, 0.25) is 0 Å². The number of carbonyl (C=O) groups excluding carboxylic acids is 1. The molecule has 0 bridgehead atoms. The lowest BCUT2D eigenvalue weighted by Gasteiger charge is -2.36. The van der Waals surface area contributed by atoms with Crippen molar-refractivity contribution in [2.45, 2.75) is 91.3 Å². The number of amides is 1. The summed E-state index contributed by atoms with van der Waals surface area (Å²) in [5.41, 5.74) is -0.882. The Morgan fingerprint density at radius 3 is 2.17 bits per heavy atom. The molecular formula is C22H46IN5O2. The summed E-state index contributed by atoms with van der Waals surface area (Å²) >= 11 is 0. The maximum atomic E-state index is 12.3. The van der Waals surface area contributed by atoms with Crippen LogP contribution < -0.4 is 16.0 Å². The van der Waals surface area contributed by atoms with Gasteiger partial charge >= 0.3 is 6.09 Å². The quantitative estimate of drug-likeness (QED) is 0.247. The van der Waals surface area contributed by atoms with Crippen molar-refractivity contribution in [1.82, 2.24) is 20.9 Å². The average Bonchev–Trinajstić information content (AvgIpc) is 2.63. The number of ether oxygens (including phenoxy) is 1. The van der Waals surface area contributed by atoms with Gasteiger partial charge in [-0.05, 0) is 52.4 Å². The first-order valence-corrected chi connectivity index (χ1v) is 11.2. The van der Waals surface area contributed by atoms with Crippen molar-refractivity contribution in [1.29, 1.82) is 0 Å².